The van der Waals surface area contributed by atoms with Gasteiger partial charge >= 0.3 is 0 Å². The Morgan fingerprint density at radius 2 is 1.26 bits per heavy atom. The van der Waals surface area contributed by atoms with Crippen LogP contribution in [0.1, 0.15) is 114 Å². The molecule has 1 aliphatic carbocycles. The summed E-state index contributed by atoms with van der Waals surface area (Å²) >= 11 is 0. The second-order valence-electron chi connectivity index (χ2n) is 9.42. The summed E-state index contributed by atoms with van der Waals surface area (Å²) in [5.41, 5.74) is -0.594. The highest BCUT2D eigenvalue weighted by molar-refractivity contribution is 4.88. The number of hydrogen-bond acceptors (Lipinski definition) is 4. The SMILES string of the molecule is CCCC(C)(CC)OOC1(OOC(C)(CC)CCC)CCC(C)C(C)C1C. The predicted octanol–water partition coefficient (Wildman–Crippen LogP) is 7.22. The zero-order valence-electron chi connectivity index (χ0n) is 19.5. The van der Waals surface area contributed by atoms with E-state index >= 15 is 0 Å². The second kappa shape index (κ2) is 10.6. The van der Waals surface area contributed by atoms with Crippen LogP contribution in [0.3, 0.4) is 0 Å². The van der Waals surface area contributed by atoms with Crippen LogP contribution in [-0.4, -0.2) is 17.0 Å². The molecule has 0 heterocycles. The first-order valence-electron chi connectivity index (χ1n) is 11.3. The third-order valence-corrected chi connectivity index (χ3v) is 7.15. The van der Waals surface area contributed by atoms with Gasteiger partial charge in [-0.2, -0.15) is 9.78 Å². The molecule has 0 aliphatic heterocycles. The van der Waals surface area contributed by atoms with Crippen molar-refractivity contribution in [1.29, 1.82) is 0 Å². The van der Waals surface area contributed by atoms with Crippen LogP contribution in [0.15, 0.2) is 0 Å². The van der Waals surface area contributed by atoms with Gasteiger partial charge in [-0.1, -0.05) is 61.3 Å². The fourth-order valence-corrected chi connectivity index (χ4v) is 4.02. The summed E-state index contributed by atoms with van der Waals surface area (Å²) in [4.78, 5) is 24.5. The van der Waals surface area contributed by atoms with E-state index in [0.717, 1.165) is 51.4 Å². The van der Waals surface area contributed by atoms with E-state index in [0.29, 0.717) is 11.8 Å². The lowest BCUT2D eigenvalue weighted by molar-refractivity contribution is -0.562. The Hall–Kier alpha value is -0.160. The van der Waals surface area contributed by atoms with Crippen LogP contribution in [-0.2, 0) is 19.6 Å². The first-order chi connectivity index (χ1) is 12.6. The third-order valence-electron chi connectivity index (χ3n) is 7.15. The molecule has 1 aliphatic rings. The van der Waals surface area contributed by atoms with Crippen molar-refractivity contribution < 1.29 is 19.6 Å². The quantitative estimate of drug-likeness (QED) is 0.201. The van der Waals surface area contributed by atoms with E-state index < -0.39 is 5.79 Å². The summed E-state index contributed by atoms with van der Waals surface area (Å²) in [6.45, 7) is 19.7. The van der Waals surface area contributed by atoms with Gasteiger partial charge in [0.25, 0.3) is 0 Å². The van der Waals surface area contributed by atoms with Gasteiger partial charge in [-0.3, -0.25) is 0 Å². The molecule has 0 amide bonds. The van der Waals surface area contributed by atoms with Crippen molar-refractivity contribution in [3.8, 4) is 0 Å². The molecule has 0 N–H and O–H groups in total. The average Bonchev–Trinajstić information content (AvgIpc) is 2.66. The second-order valence-corrected chi connectivity index (χ2v) is 9.42. The Kier molecular flexibility index (Phi) is 9.74. The smallest absolute Gasteiger partial charge is 0.227 e. The number of rotatable bonds is 12. The molecule has 1 saturated carbocycles. The molecule has 5 unspecified atom stereocenters. The molecule has 162 valence electrons. The lowest BCUT2D eigenvalue weighted by atomic mass is 9.71. The van der Waals surface area contributed by atoms with Crippen molar-refractivity contribution in [2.45, 2.75) is 131 Å². The Morgan fingerprint density at radius 3 is 1.63 bits per heavy atom. The van der Waals surface area contributed by atoms with Gasteiger partial charge in [-0.25, -0.2) is 9.78 Å². The normalized spacial score (nSPS) is 33.4. The molecule has 4 nitrogen and oxygen atoms in total. The molecular weight excluding hydrogens is 340 g/mol. The molecule has 1 rings (SSSR count). The van der Waals surface area contributed by atoms with Gasteiger partial charge in [0.1, 0.15) is 11.2 Å². The Balaban J connectivity index is 2.99. The van der Waals surface area contributed by atoms with E-state index in [4.69, 9.17) is 19.6 Å². The minimum atomic E-state index is -0.847. The number of hydrogen-bond donors (Lipinski definition) is 0. The van der Waals surface area contributed by atoms with Gasteiger partial charge in [-0.15, -0.1) is 0 Å². The highest BCUT2D eigenvalue weighted by Gasteiger charge is 2.50. The Morgan fingerprint density at radius 1 is 0.815 bits per heavy atom. The van der Waals surface area contributed by atoms with E-state index in [1.54, 1.807) is 0 Å². The van der Waals surface area contributed by atoms with Crippen molar-refractivity contribution in [1.82, 2.24) is 0 Å². The van der Waals surface area contributed by atoms with Crippen LogP contribution in [0.4, 0.5) is 0 Å². The van der Waals surface area contributed by atoms with Crippen molar-refractivity contribution >= 4 is 0 Å². The zero-order valence-corrected chi connectivity index (χ0v) is 19.5. The van der Waals surface area contributed by atoms with Gasteiger partial charge < -0.3 is 0 Å². The monoisotopic (exact) mass is 386 g/mol. The van der Waals surface area contributed by atoms with Gasteiger partial charge in [0.05, 0.1) is 0 Å². The van der Waals surface area contributed by atoms with E-state index in [1.165, 1.54) is 0 Å². The molecule has 0 bridgehead atoms. The zero-order chi connectivity index (χ0) is 20.7. The summed E-state index contributed by atoms with van der Waals surface area (Å²) in [5, 5.41) is 0. The lowest BCUT2D eigenvalue weighted by Crippen LogP contribution is -2.52. The van der Waals surface area contributed by atoms with Crippen molar-refractivity contribution in [2.24, 2.45) is 17.8 Å². The van der Waals surface area contributed by atoms with E-state index in [-0.39, 0.29) is 17.1 Å². The molecule has 0 aromatic rings. The van der Waals surface area contributed by atoms with Crippen molar-refractivity contribution in [3.05, 3.63) is 0 Å². The Labute approximate surface area is 168 Å². The molecule has 0 spiro atoms. The van der Waals surface area contributed by atoms with Crippen LogP contribution in [0.25, 0.3) is 0 Å². The maximum absolute atomic E-state index is 6.18. The summed E-state index contributed by atoms with van der Waals surface area (Å²) in [7, 11) is 0. The first-order valence-corrected chi connectivity index (χ1v) is 11.3. The molecule has 5 atom stereocenters. The molecule has 0 saturated heterocycles. The maximum Gasteiger partial charge on any atom is 0.236 e. The van der Waals surface area contributed by atoms with Crippen LogP contribution in [0, 0.1) is 17.8 Å². The third kappa shape index (κ3) is 6.42. The topological polar surface area (TPSA) is 36.9 Å². The van der Waals surface area contributed by atoms with Crippen molar-refractivity contribution in [2.75, 3.05) is 0 Å². The summed E-state index contributed by atoms with van der Waals surface area (Å²) in [6, 6.07) is 0. The first kappa shape index (κ1) is 24.9. The fourth-order valence-electron chi connectivity index (χ4n) is 4.02. The molecule has 27 heavy (non-hydrogen) atoms. The van der Waals surface area contributed by atoms with E-state index in [9.17, 15) is 0 Å². The lowest BCUT2D eigenvalue weighted by Gasteiger charge is -2.47. The van der Waals surface area contributed by atoms with Gasteiger partial charge in [0, 0.05) is 12.3 Å². The maximum atomic E-state index is 6.18. The molecular formula is C23H46O4. The molecule has 0 aromatic carbocycles. The van der Waals surface area contributed by atoms with Crippen LogP contribution < -0.4 is 0 Å². The fraction of sp³-hybridized carbons (Fsp3) is 1.00. The van der Waals surface area contributed by atoms with Gasteiger partial charge in [0.15, 0.2) is 0 Å². The van der Waals surface area contributed by atoms with Gasteiger partial charge in [0.2, 0.25) is 5.79 Å². The van der Waals surface area contributed by atoms with Crippen LogP contribution in [0.5, 0.6) is 0 Å². The minimum absolute atomic E-state index is 0.187. The predicted molar refractivity (Wildman–Crippen MR) is 111 cm³/mol. The highest BCUT2D eigenvalue weighted by atomic mass is 17.3. The molecule has 0 aromatic heterocycles. The molecule has 0 radical (unpaired) electrons. The van der Waals surface area contributed by atoms with E-state index in [1.807, 2.05) is 0 Å². The summed E-state index contributed by atoms with van der Waals surface area (Å²) in [6.07, 6.45) is 7.69. The summed E-state index contributed by atoms with van der Waals surface area (Å²) in [5.74, 6) is 0.456. The molecule has 1 fully saturated rings. The van der Waals surface area contributed by atoms with E-state index in [2.05, 4.69) is 62.3 Å². The Bertz CT molecular complexity index is 403. The standard InChI is InChI=1S/C23H46O4/c1-10-15-21(8,12-3)24-26-23(17-14-18(5)19(6)20(23)7)27-25-22(9,13-4)16-11-2/h18-20H,10-17H2,1-9H3. The summed E-state index contributed by atoms with van der Waals surface area (Å²) < 4.78 is 0. The highest BCUT2D eigenvalue weighted by Crippen LogP contribution is 2.46. The molecule has 4 heteroatoms. The minimum Gasteiger partial charge on any atom is -0.227 e. The van der Waals surface area contributed by atoms with Crippen LogP contribution in [0.2, 0.25) is 0 Å². The average molecular weight is 387 g/mol. The van der Waals surface area contributed by atoms with Gasteiger partial charge in [-0.05, 0) is 57.8 Å². The van der Waals surface area contributed by atoms with Crippen molar-refractivity contribution in [3.63, 3.8) is 0 Å². The van der Waals surface area contributed by atoms with Crippen LogP contribution >= 0.6 is 0 Å². The largest absolute Gasteiger partial charge is 0.236 e.